The first kappa shape index (κ1) is 22.4. The van der Waals surface area contributed by atoms with Crippen molar-refractivity contribution in [1.82, 2.24) is 4.90 Å². The minimum Gasteiger partial charge on any atom is -0.387 e. The molecule has 0 bridgehead atoms. The summed E-state index contributed by atoms with van der Waals surface area (Å²) in [6.45, 7) is 2.84. The molecule has 2 nitrogen and oxygen atoms in total. The molecule has 1 saturated carbocycles. The topological polar surface area (TPSA) is 23.5 Å². The van der Waals surface area contributed by atoms with E-state index < -0.39 is 6.10 Å². The van der Waals surface area contributed by atoms with Gasteiger partial charge in [0.05, 0.1) is 6.10 Å². The van der Waals surface area contributed by atoms with E-state index in [1.807, 2.05) is 0 Å². The molecule has 0 spiro atoms. The molecule has 33 heavy (non-hydrogen) atoms. The second-order valence-electron chi connectivity index (χ2n) is 10.1. The van der Waals surface area contributed by atoms with Crippen LogP contribution in [0.2, 0.25) is 0 Å². The van der Waals surface area contributed by atoms with Gasteiger partial charge in [-0.3, -0.25) is 0 Å². The zero-order valence-corrected chi connectivity index (χ0v) is 19.7. The molecule has 1 aliphatic heterocycles. The second-order valence-corrected chi connectivity index (χ2v) is 10.1. The maximum Gasteiger partial charge on any atom is 0.0916 e. The van der Waals surface area contributed by atoms with E-state index in [1.54, 1.807) is 0 Å². The van der Waals surface area contributed by atoms with Crippen LogP contribution >= 0.6 is 0 Å². The number of hydrogen-bond donors (Lipinski definition) is 1. The number of piperidine rings is 1. The number of β-amino-alcohol motifs (C(OH)–C–C–N with tert-alkyl or cyclic N) is 1. The molecule has 0 radical (unpaired) electrons. The molecule has 0 aromatic heterocycles. The van der Waals surface area contributed by atoms with E-state index in [9.17, 15) is 5.11 Å². The van der Waals surface area contributed by atoms with Gasteiger partial charge in [0.15, 0.2) is 0 Å². The van der Waals surface area contributed by atoms with Crippen LogP contribution in [-0.4, -0.2) is 29.6 Å². The van der Waals surface area contributed by atoms with Crippen LogP contribution in [0.5, 0.6) is 0 Å². The Labute approximate surface area is 199 Å². The van der Waals surface area contributed by atoms with Gasteiger partial charge in [-0.2, -0.15) is 0 Å². The first-order valence-electron chi connectivity index (χ1n) is 12.9. The van der Waals surface area contributed by atoms with Crippen LogP contribution in [0, 0.1) is 5.92 Å². The first-order chi connectivity index (χ1) is 16.3. The smallest absolute Gasteiger partial charge is 0.0916 e. The number of likely N-dealkylation sites (tertiary alicyclic amines) is 1. The van der Waals surface area contributed by atoms with E-state index in [0.717, 1.165) is 31.1 Å². The number of nitrogens with zero attached hydrogens (tertiary/aromatic N) is 1. The summed E-state index contributed by atoms with van der Waals surface area (Å²) in [5.41, 5.74) is 5.36. The Balaban J connectivity index is 1.20. The van der Waals surface area contributed by atoms with Crippen molar-refractivity contribution in [2.75, 3.05) is 19.6 Å². The van der Waals surface area contributed by atoms with Crippen molar-refractivity contribution in [3.63, 3.8) is 0 Å². The zero-order valence-electron chi connectivity index (χ0n) is 19.7. The summed E-state index contributed by atoms with van der Waals surface area (Å²) in [7, 11) is 0. The normalized spacial score (nSPS) is 19.2. The Kier molecular flexibility index (Phi) is 7.24. The van der Waals surface area contributed by atoms with Crippen molar-refractivity contribution in [3.05, 3.63) is 107 Å². The molecule has 1 atom stereocenters. The molecule has 2 fully saturated rings. The third kappa shape index (κ3) is 5.39. The van der Waals surface area contributed by atoms with Crippen LogP contribution < -0.4 is 0 Å². The molecule has 3 aromatic rings. The van der Waals surface area contributed by atoms with E-state index in [2.05, 4.69) is 89.8 Å². The Morgan fingerprint density at radius 3 is 1.76 bits per heavy atom. The summed E-state index contributed by atoms with van der Waals surface area (Å²) in [5, 5.41) is 10.9. The van der Waals surface area contributed by atoms with Crippen LogP contribution in [0.15, 0.2) is 84.9 Å². The molecule has 3 aromatic carbocycles. The monoisotopic (exact) mass is 439 g/mol. The lowest BCUT2D eigenvalue weighted by Crippen LogP contribution is -2.38. The van der Waals surface area contributed by atoms with Gasteiger partial charge in [0, 0.05) is 12.5 Å². The van der Waals surface area contributed by atoms with Gasteiger partial charge in [-0.1, -0.05) is 97.8 Å². The Bertz CT molecular complexity index is 931. The van der Waals surface area contributed by atoms with E-state index in [0.29, 0.717) is 11.8 Å². The standard InChI is InChI=1S/C31H37NO/c33-30(26-17-15-25(16-18-26)24-9-7-8-10-24)23-32-21-19-29(20-22-32)31(27-11-3-1-4-12-27)28-13-5-2-6-14-28/h1-6,11-18,24,29-31,33H,7-10,19-23H2. The molecular weight excluding hydrogens is 402 g/mol. The number of hydrogen-bond acceptors (Lipinski definition) is 2. The molecular formula is C31H37NO. The fourth-order valence-corrected chi connectivity index (χ4v) is 6.13. The van der Waals surface area contributed by atoms with Crippen molar-refractivity contribution in [2.24, 2.45) is 5.92 Å². The maximum atomic E-state index is 10.9. The number of benzene rings is 3. The number of aliphatic hydroxyl groups excluding tert-OH is 1. The lowest BCUT2D eigenvalue weighted by atomic mass is 9.76. The number of rotatable bonds is 7. The summed E-state index contributed by atoms with van der Waals surface area (Å²) >= 11 is 0. The van der Waals surface area contributed by atoms with Crippen molar-refractivity contribution in [1.29, 1.82) is 0 Å². The summed E-state index contributed by atoms with van der Waals surface area (Å²) in [6, 6.07) is 30.8. The van der Waals surface area contributed by atoms with E-state index in [4.69, 9.17) is 0 Å². The molecule has 1 heterocycles. The van der Waals surface area contributed by atoms with Gasteiger partial charge in [0.2, 0.25) is 0 Å². The fraction of sp³-hybridized carbons (Fsp3) is 0.419. The van der Waals surface area contributed by atoms with Crippen molar-refractivity contribution in [3.8, 4) is 0 Å². The summed E-state index contributed by atoms with van der Waals surface area (Å²) in [4.78, 5) is 2.46. The van der Waals surface area contributed by atoms with Crippen molar-refractivity contribution in [2.45, 2.75) is 56.5 Å². The molecule has 1 N–H and O–H groups in total. The SMILES string of the molecule is OC(CN1CCC(C(c2ccccc2)c2ccccc2)CC1)c1ccc(C2CCCC2)cc1. The van der Waals surface area contributed by atoms with Crippen LogP contribution in [0.1, 0.15) is 78.7 Å². The van der Waals surface area contributed by atoms with E-state index >= 15 is 0 Å². The molecule has 2 heteroatoms. The predicted octanol–water partition coefficient (Wildman–Crippen LogP) is 6.92. The predicted molar refractivity (Wildman–Crippen MR) is 137 cm³/mol. The third-order valence-corrected chi connectivity index (χ3v) is 8.00. The van der Waals surface area contributed by atoms with Gasteiger partial charge in [0.25, 0.3) is 0 Å². The molecule has 2 aliphatic rings. The van der Waals surface area contributed by atoms with Gasteiger partial charge in [-0.25, -0.2) is 0 Å². The highest BCUT2D eigenvalue weighted by molar-refractivity contribution is 5.33. The van der Waals surface area contributed by atoms with E-state index in [1.165, 1.54) is 55.2 Å². The van der Waals surface area contributed by atoms with Gasteiger partial charge < -0.3 is 10.0 Å². The molecule has 5 rings (SSSR count). The highest BCUT2D eigenvalue weighted by Crippen LogP contribution is 2.38. The summed E-state index contributed by atoms with van der Waals surface area (Å²) in [5.74, 6) is 1.81. The Morgan fingerprint density at radius 1 is 0.667 bits per heavy atom. The summed E-state index contributed by atoms with van der Waals surface area (Å²) in [6.07, 6.45) is 7.30. The lowest BCUT2D eigenvalue weighted by molar-refractivity contribution is 0.0868. The second kappa shape index (κ2) is 10.7. The van der Waals surface area contributed by atoms with Crippen molar-refractivity contribution < 1.29 is 5.11 Å². The molecule has 1 aliphatic carbocycles. The Morgan fingerprint density at radius 2 is 1.21 bits per heavy atom. The largest absolute Gasteiger partial charge is 0.387 e. The van der Waals surface area contributed by atoms with Gasteiger partial charge in [-0.05, 0) is 72.9 Å². The highest BCUT2D eigenvalue weighted by Gasteiger charge is 2.29. The molecule has 1 unspecified atom stereocenters. The molecule has 172 valence electrons. The quantitative estimate of drug-likeness (QED) is 0.432. The molecule has 0 amide bonds. The van der Waals surface area contributed by atoms with Gasteiger partial charge >= 0.3 is 0 Å². The third-order valence-electron chi connectivity index (χ3n) is 8.00. The Hall–Kier alpha value is -2.42. The van der Waals surface area contributed by atoms with Gasteiger partial charge in [-0.15, -0.1) is 0 Å². The lowest BCUT2D eigenvalue weighted by Gasteiger charge is -2.37. The zero-order chi connectivity index (χ0) is 22.5. The molecule has 1 saturated heterocycles. The van der Waals surface area contributed by atoms with Crippen LogP contribution in [0.4, 0.5) is 0 Å². The average Bonchev–Trinajstić information content (AvgIpc) is 3.42. The average molecular weight is 440 g/mol. The van der Waals surface area contributed by atoms with Crippen LogP contribution in [0.3, 0.4) is 0 Å². The summed E-state index contributed by atoms with van der Waals surface area (Å²) < 4.78 is 0. The minimum absolute atomic E-state index is 0.404. The fourth-order valence-electron chi connectivity index (χ4n) is 6.13. The number of aliphatic hydroxyl groups is 1. The first-order valence-corrected chi connectivity index (χ1v) is 12.9. The van der Waals surface area contributed by atoms with Crippen molar-refractivity contribution >= 4 is 0 Å². The highest BCUT2D eigenvalue weighted by atomic mass is 16.3. The minimum atomic E-state index is -0.404. The van der Waals surface area contributed by atoms with Crippen LogP contribution in [0.25, 0.3) is 0 Å². The van der Waals surface area contributed by atoms with Gasteiger partial charge in [0.1, 0.15) is 0 Å². The van der Waals surface area contributed by atoms with E-state index in [-0.39, 0.29) is 0 Å². The van der Waals surface area contributed by atoms with Crippen LogP contribution in [-0.2, 0) is 0 Å². The maximum absolute atomic E-state index is 10.9.